The number of nitrogens with one attached hydrogen (secondary N) is 1. The number of sulfonamides is 1. The van der Waals surface area contributed by atoms with E-state index in [1.54, 1.807) is 7.05 Å². The molecule has 10 heteroatoms. The van der Waals surface area contributed by atoms with Crippen molar-refractivity contribution in [3.8, 4) is 0 Å². The molecule has 0 spiro atoms. The first-order chi connectivity index (χ1) is 12.8. The molecule has 0 saturated carbocycles. The number of ether oxygens (including phenoxy) is 2. The van der Waals surface area contributed by atoms with Crippen LogP contribution in [0.2, 0.25) is 0 Å². The molecule has 0 bridgehead atoms. The van der Waals surface area contributed by atoms with Crippen molar-refractivity contribution in [1.29, 1.82) is 0 Å². The van der Waals surface area contributed by atoms with Crippen molar-refractivity contribution in [2.75, 3.05) is 59.2 Å². The lowest BCUT2D eigenvalue weighted by molar-refractivity contribution is -0.140. The second kappa shape index (κ2) is 12.1. The van der Waals surface area contributed by atoms with Crippen molar-refractivity contribution in [1.82, 2.24) is 14.5 Å². The Bertz CT molecular complexity index is 572. The van der Waals surface area contributed by atoms with Gasteiger partial charge in [0.15, 0.2) is 5.96 Å². The second-order valence-corrected chi connectivity index (χ2v) is 8.72. The SMILES string of the molecule is CN=C(NCCCCC(=O)OC)N1CCN(S(=O)(=O)CCOC(C)C)CC1. The van der Waals surface area contributed by atoms with Crippen LogP contribution in [0.5, 0.6) is 0 Å². The fourth-order valence-corrected chi connectivity index (χ4v) is 4.01. The monoisotopic (exact) mass is 406 g/mol. The molecule has 0 unspecified atom stereocenters. The molecule has 9 nitrogen and oxygen atoms in total. The average molecular weight is 407 g/mol. The number of carbonyl (C=O) groups is 1. The van der Waals surface area contributed by atoms with E-state index in [0.717, 1.165) is 18.8 Å². The average Bonchev–Trinajstić information content (AvgIpc) is 2.64. The van der Waals surface area contributed by atoms with Crippen LogP contribution in [0, 0.1) is 0 Å². The van der Waals surface area contributed by atoms with Crippen LogP contribution in [0.4, 0.5) is 0 Å². The topological polar surface area (TPSA) is 101 Å². The number of methoxy groups -OCH3 is 1. The predicted octanol–water partition coefficient (Wildman–Crippen LogP) is 0.278. The molecule has 1 N–H and O–H groups in total. The van der Waals surface area contributed by atoms with Gasteiger partial charge in [0.2, 0.25) is 10.0 Å². The molecule has 1 heterocycles. The first kappa shape index (κ1) is 23.6. The largest absolute Gasteiger partial charge is 0.469 e. The summed E-state index contributed by atoms with van der Waals surface area (Å²) in [5.74, 6) is 0.571. The molecule has 1 saturated heterocycles. The number of rotatable bonds is 10. The van der Waals surface area contributed by atoms with Crippen LogP contribution in [0.15, 0.2) is 4.99 Å². The van der Waals surface area contributed by atoms with Crippen LogP contribution in [-0.2, 0) is 24.3 Å². The molecule has 0 atom stereocenters. The maximum absolute atomic E-state index is 12.4. The van der Waals surface area contributed by atoms with Gasteiger partial charge in [0.1, 0.15) is 0 Å². The summed E-state index contributed by atoms with van der Waals surface area (Å²) in [5.41, 5.74) is 0. The van der Waals surface area contributed by atoms with Crippen molar-refractivity contribution in [3.63, 3.8) is 0 Å². The van der Waals surface area contributed by atoms with Gasteiger partial charge in [-0.3, -0.25) is 9.79 Å². The van der Waals surface area contributed by atoms with Gasteiger partial charge >= 0.3 is 5.97 Å². The molecule has 27 heavy (non-hydrogen) atoms. The predicted molar refractivity (Wildman–Crippen MR) is 105 cm³/mol. The van der Waals surface area contributed by atoms with Crippen LogP contribution in [-0.4, -0.2) is 94.9 Å². The van der Waals surface area contributed by atoms with Crippen LogP contribution in [0.25, 0.3) is 0 Å². The summed E-state index contributed by atoms with van der Waals surface area (Å²) in [4.78, 5) is 17.4. The number of piperazine rings is 1. The Morgan fingerprint density at radius 3 is 2.41 bits per heavy atom. The van der Waals surface area contributed by atoms with Crippen molar-refractivity contribution in [2.45, 2.75) is 39.2 Å². The van der Waals surface area contributed by atoms with E-state index in [4.69, 9.17) is 4.74 Å². The second-order valence-electron chi connectivity index (χ2n) is 6.63. The van der Waals surface area contributed by atoms with E-state index in [9.17, 15) is 13.2 Å². The van der Waals surface area contributed by atoms with Crippen molar-refractivity contribution < 1.29 is 22.7 Å². The van der Waals surface area contributed by atoms with E-state index in [1.807, 2.05) is 13.8 Å². The zero-order valence-corrected chi connectivity index (χ0v) is 17.8. The summed E-state index contributed by atoms with van der Waals surface area (Å²) in [7, 11) is -0.192. The summed E-state index contributed by atoms with van der Waals surface area (Å²) in [6, 6.07) is 0. The fraction of sp³-hybridized carbons (Fsp3) is 0.882. The Kier molecular flexibility index (Phi) is 10.6. The highest BCUT2D eigenvalue weighted by molar-refractivity contribution is 7.89. The van der Waals surface area contributed by atoms with Gasteiger partial charge in [-0.15, -0.1) is 0 Å². The van der Waals surface area contributed by atoms with Crippen molar-refractivity contribution in [2.24, 2.45) is 4.99 Å². The van der Waals surface area contributed by atoms with Crippen LogP contribution >= 0.6 is 0 Å². The molecule has 1 fully saturated rings. The number of carbonyl (C=O) groups excluding carboxylic acids is 1. The molecular weight excluding hydrogens is 372 g/mol. The summed E-state index contributed by atoms with van der Waals surface area (Å²) in [6.07, 6.45) is 2.02. The number of hydrogen-bond acceptors (Lipinski definition) is 6. The Morgan fingerprint density at radius 2 is 1.85 bits per heavy atom. The van der Waals surface area contributed by atoms with Gasteiger partial charge in [-0.1, -0.05) is 0 Å². The van der Waals surface area contributed by atoms with Crippen LogP contribution in [0.3, 0.4) is 0 Å². The zero-order valence-electron chi connectivity index (χ0n) is 16.9. The van der Waals surface area contributed by atoms with E-state index < -0.39 is 10.0 Å². The molecule has 0 aromatic rings. The van der Waals surface area contributed by atoms with Gasteiger partial charge in [0.25, 0.3) is 0 Å². The highest BCUT2D eigenvalue weighted by Gasteiger charge is 2.27. The minimum Gasteiger partial charge on any atom is -0.469 e. The number of nitrogens with zero attached hydrogens (tertiary/aromatic N) is 3. The number of aliphatic imine (C=N–C) groups is 1. The molecule has 0 aliphatic carbocycles. The molecular formula is C17H34N4O5S. The third-order valence-corrected chi connectivity index (χ3v) is 6.09. The first-order valence-corrected chi connectivity index (χ1v) is 11.0. The summed E-state index contributed by atoms with van der Waals surface area (Å²) in [5, 5.41) is 3.27. The maximum atomic E-state index is 12.4. The van der Waals surface area contributed by atoms with Crippen molar-refractivity contribution in [3.05, 3.63) is 0 Å². The first-order valence-electron chi connectivity index (χ1n) is 9.42. The van der Waals surface area contributed by atoms with E-state index in [2.05, 4.69) is 19.9 Å². The molecule has 1 aliphatic heterocycles. The van der Waals surface area contributed by atoms with Crippen LogP contribution in [0.1, 0.15) is 33.1 Å². The van der Waals surface area contributed by atoms with Gasteiger partial charge in [0, 0.05) is 46.2 Å². The third-order valence-electron chi connectivity index (χ3n) is 4.25. The summed E-state index contributed by atoms with van der Waals surface area (Å²) >= 11 is 0. The molecule has 1 rings (SSSR count). The summed E-state index contributed by atoms with van der Waals surface area (Å²) < 4.78 is 36.3. The lowest BCUT2D eigenvalue weighted by atomic mass is 10.2. The standard InChI is InChI=1S/C17H34N4O5S/c1-15(2)26-13-14-27(23,24)21-11-9-20(10-12-21)17(18-3)19-8-6-5-7-16(22)25-4/h15H,5-14H2,1-4H3,(H,18,19). The normalized spacial score (nSPS) is 16.6. The third kappa shape index (κ3) is 8.89. The minimum absolute atomic E-state index is 0.0123. The molecule has 1 aliphatic rings. The maximum Gasteiger partial charge on any atom is 0.305 e. The van der Waals surface area contributed by atoms with Gasteiger partial charge in [-0.05, 0) is 26.7 Å². The smallest absolute Gasteiger partial charge is 0.305 e. The minimum atomic E-state index is -3.29. The zero-order chi connectivity index (χ0) is 20.3. The molecule has 0 radical (unpaired) electrons. The number of guanidine groups is 1. The lowest BCUT2D eigenvalue weighted by Crippen LogP contribution is -2.54. The number of hydrogen-bond donors (Lipinski definition) is 1. The Morgan fingerprint density at radius 1 is 1.19 bits per heavy atom. The van der Waals surface area contributed by atoms with E-state index in [0.29, 0.717) is 39.1 Å². The van der Waals surface area contributed by atoms with Gasteiger partial charge in [-0.2, -0.15) is 4.31 Å². The van der Waals surface area contributed by atoms with Crippen molar-refractivity contribution >= 4 is 22.0 Å². The number of esters is 1. The Labute approximate surface area is 163 Å². The van der Waals surface area contributed by atoms with E-state index >= 15 is 0 Å². The van der Waals surface area contributed by atoms with E-state index in [-0.39, 0.29) is 24.4 Å². The molecule has 0 amide bonds. The van der Waals surface area contributed by atoms with Gasteiger partial charge in [-0.25, -0.2) is 8.42 Å². The highest BCUT2D eigenvalue weighted by Crippen LogP contribution is 2.09. The van der Waals surface area contributed by atoms with Crippen LogP contribution < -0.4 is 5.32 Å². The fourth-order valence-electron chi connectivity index (χ4n) is 2.73. The Balaban J connectivity index is 2.35. The van der Waals surface area contributed by atoms with Gasteiger partial charge < -0.3 is 19.7 Å². The lowest BCUT2D eigenvalue weighted by Gasteiger charge is -2.35. The molecule has 0 aromatic heterocycles. The highest BCUT2D eigenvalue weighted by atomic mass is 32.2. The quantitative estimate of drug-likeness (QED) is 0.241. The molecule has 158 valence electrons. The molecule has 0 aromatic carbocycles. The van der Waals surface area contributed by atoms with Gasteiger partial charge in [0.05, 0.1) is 25.6 Å². The Hall–Kier alpha value is -1.39. The number of unbranched alkanes of at least 4 members (excludes halogenated alkanes) is 1. The van der Waals surface area contributed by atoms with E-state index in [1.165, 1.54) is 11.4 Å². The summed E-state index contributed by atoms with van der Waals surface area (Å²) in [6.45, 7) is 6.75.